The van der Waals surface area contributed by atoms with E-state index in [0.717, 1.165) is 31.2 Å². The van der Waals surface area contributed by atoms with Crippen molar-refractivity contribution in [2.75, 3.05) is 0 Å². The van der Waals surface area contributed by atoms with E-state index in [2.05, 4.69) is 12.2 Å². The molecule has 0 aromatic heterocycles. The van der Waals surface area contributed by atoms with E-state index < -0.39 is 5.97 Å². The van der Waals surface area contributed by atoms with Crippen molar-refractivity contribution in [1.29, 1.82) is 0 Å². The fourth-order valence-electron chi connectivity index (χ4n) is 2.07. The van der Waals surface area contributed by atoms with Crippen LogP contribution in [0.1, 0.15) is 55.5 Å². The van der Waals surface area contributed by atoms with Crippen molar-refractivity contribution in [3.63, 3.8) is 0 Å². The summed E-state index contributed by atoms with van der Waals surface area (Å²) < 4.78 is 0. The maximum Gasteiger partial charge on any atom is 0.335 e. The number of aromatic carboxylic acids is 1. The van der Waals surface area contributed by atoms with Crippen LogP contribution in [0.3, 0.4) is 0 Å². The number of amides is 1. The van der Waals surface area contributed by atoms with Gasteiger partial charge < -0.3 is 10.4 Å². The summed E-state index contributed by atoms with van der Waals surface area (Å²) in [6.07, 6.45) is 3.94. The smallest absolute Gasteiger partial charge is 0.335 e. The van der Waals surface area contributed by atoms with E-state index in [1.807, 2.05) is 6.92 Å². The lowest BCUT2D eigenvalue weighted by Crippen LogP contribution is -2.30. The van der Waals surface area contributed by atoms with E-state index in [4.69, 9.17) is 5.11 Å². The first kappa shape index (κ1) is 16.2. The molecule has 0 saturated carbocycles. The van der Waals surface area contributed by atoms with E-state index in [1.165, 1.54) is 0 Å². The minimum atomic E-state index is -0.939. The van der Waals surface area contributed by atoms with Crippen LogP contribution in [0.2, 0.25) is 0 Å². The van der Waals surface area contributed by atoms with Crippen molar-refractivity contribution < 1.29 is 14.7 Å². The quantitative estimate of drug-likeness (QED) is 0.766. The van der Waals surface area contributed by atoms with Gasteiger partial charge in [0.15, 0.2) is 0 Å². The molecule has 0 heterocycles. The van der Waals surface area contributed by atoms with Gasteiger partial charge in [-0.1, -0.05) is 38.8 Å². The number of benzene rings is 1. The molecule has 1 aromatic rings. The Hall–Kier alpha value is -1.84. The molecule has 0 aliphatic carbocycles. The number of carboxylic acids is 1. The van der Waals surface area contributed by atoms with Gasteiger partial charge in [0, 0.05) is 12.5 Å². The number of hydrogen-bond acceptors (Lipinski definition) is 2. The molecule has 0 saturated heterocycles. The summed E-state index contributed by atoms with van der Waals surface area (Å²) in [5.74, 6) is -0.775. The Bertz CT molecular complexity index is 440. The predicted octanol–water partition coefficient (Wildman–Crippen LogP) is 3.22. The average molecular weight is 277 g/mol. The van der Waals surface area contributed by atoms with Gasteiger partial charge in [0.2, 0.25) is 5.91 Å². The predicted molar refractivity (Wildman–Crippen MR) is 78.6 cm³/mol. The van der Waals surface area contributed by atoms with Crippen LogP contribution >= 0.6 is 0 Å². The van der Waals surface area contributed by atoms with Crippen LogP contribution in [0.15, 0.2) is 24.3 Å². The van der Waals surface area contributed by atoms with Crippen molar-refractivity contribution in [3.05, 3.63) is 35.4 Å². The molecule has 0 aliphatic heterocycles. The summed E-state index contributed by atoms with van der Waals surface area (Å²) in [6.45, 7) is 4.59. The Morgan fingerprint density at radius 3 is 2.35 bits per heavy atom. The first-order chi connectivity index (χ1) is 9.58. The fourth-order valence-corrected chi connectivity index (χ4v) is 2.07. The van der Waals surface area contributed by atoms with E-state index in [1.54, 1.807) is 24.3 Å². The van der Waals surface area contributed by atoms with E-state index in [0.29, 0.717) is 6.54 Å². The highest BCUT2D eigenvalue weighted by molar-refractivity contribution is 5.87. The normalized spacial score (nSPS) is 11.9. The SMILES string of the molecule is CCCCC(CC)C(=O)NCc1ccc(C(=O)O)cc1. The van der Waals surface area contributed by atoms with Gasteiger partial charge >= 0.3 is 5.97 Å². The monoisotopic (exact) mass is 277 g/mol. The third kappa shape index (κ3) is 5.03. The lowest BCUT2D eigenvalue weighted by Gasteiger charge is -2.14. The number of rotatable bonds is 8. The van der Waals surface area contributed by atoms with Crippen molar-refractivity contribution >= 4 is 11.9 Å². The molecule has 0 fully saturated rings. The number of nitrogens with one attached hydrogen (secondary N) is 1. The number of carbonyl (C=O) groups is 2. The van der Waals surface area contributed by atoms with Crippen LogP contribution in [0, 0.1) is 5.92 Å². The molecule has 1 amide bonds. The minimum Gasteiger partial charge on any atom is -0.478 e. The first-order valence-electron chi connectivity index (χ1n) is 7.18. The van der Waals surface area contributed by atoms with Crippen LogP contribution in [-0.2, 0) is 11.3 Å². The van der Waals surface area contributed by atoms with Crippen LogP contribution < -0.4 is 5.32 Å². The second-order valence-electron chi connectivity index (χ2n) is 4.97. The van der Waals surface area contributed by atoms with Crippen molar-refractivity contribution in [2.45, 2.75) is 46.1 Å². The van der Waals surface area contributed by atoms with Gasteiger partial charge in [0.1, 0.15) is 0 Å². The fraction of sp³-hybridized carbons (Fsp3) is 0.500. The zero-order valence-corrected chi connectivity index (χ0v) is 12.2. The number of hydrogen-bond donors (Lipinski definition) is 2. The summed E-state index contributed by atoms with van der Waals surface area (Å²) in [4.78, 5) is 22.8. The molecule has 1 rings (SSSR count). The topological polar surface area (TPSA) is 66.4 Å². The molecule has 0 bridgehead atoms. The molecule has 1 unspecified atom stereocenters. The molecule has 0 aliphatic rings. The molecular weight excluding hydrogens is 254 g/mol. The second-order valence-corrected chi connectivity index (χ2v) is 4.97. The van der Waals surface area contributed by atoms with Crippen LogP contribution in [0.5, 0.6) is 0 Å². The van der Waals surface area contributed by atoms with Gasteiger partial charge in [0.25, 0.3) is 0 Å². The Kier molecular flexibility index (Phi) is 6.77. The second kappa shape index (κ2) is 8.35. The molecule has 4 nitrogen and oxygen atoms in total. The van der Waals surface area contributed by atoms with Gasteiger partial charge in [0.05, 0.1) is 5.56 Å². The third-order valence-corrected chi connectivity index (χ3v) is 3.44. The van der Waals surface area contributed by atoms with E-state index in [-0.39, 0.29) is 17.4 Å². The van der Waals surface area contributed by atoms with Gasteiger partial charge in [-0.25, -0.2) is 4.79 Å². The first-order valence-corrected chi connectivity index (χ1v) is 7.18. The van der Waals surface area contributed by atoms with Crippen molar-refractivity contribution in [1.82, 2.24) is 5.32 Å². The molecule has 110 valence electrons. The maximum atomic E-state index is 12.0. The minimum absolute atomic E-state index is 0.0771. The van der Waals surface area contributed by atoms with Crippen molar-refractivity contribution in [3.8, 4) is 0 Å². The highest BCUT2D eigenvalue weighted by atomic mass is 16.4. The summed E-state index contributed by atoms with van der Waals surface area (Å²) in [6, 6.07) is 6.57. The molecule has 20 heavy (non-hydrogen) atoms. The lowest BCUT2D eigenvalue weighted by molar-refractivity contribution is -0.125. The number of carboxylic acid groups (broad SMARTS) is 1. The van der Waals surface area contributed by atoms with Crippen molar-refractivity contribution in [2.24, 2.45) is 5.92 Å². The molecule has 1 aromatic carbocycles. The Morgan fingerprint density at radius 2 is 1.85 bits per heavy atom. The van der Waals surface area contributed by atoms with E-state index in [9.17, 15) is 9.59 Å². The summed E-state index contributed by atoms with van der Waals surface area (Å²) in [5.41, 5.74) is 1.17. The average Bonchev–Trinajstić information content (AvgIpc) is 2.46. The van der Waals surface area contributed by atoms with Crippen LogP contribution in [-0.4, -0.2) is 17.0 Å². The Labute approximate surface area is 120 Å². The standard InChI is InChI=1S/C16H23NO3/c1-3-5-6-13(4-2)15(18)17-11-12-7-9-14(10-8-12)16(19)20/h7-10,13H,3-6,11H2,1-2H3,(H,17,18)(H,19,20). The van der Waals surface area contributed by atoms with Gasteiger partial charge in [-0.05, 0) is 30.5 Å². The molecule has 2 N–H and O–H groups in total. The zero-order valence-electron chi connectivity index (χ0n) is 12.2. The number of carbonyl (C=O) groups excluding carboxylic acids is 1. The van der Waals surface area contributed by atoms with Gasteiger partial charge in [-0.15, -0.1) is 0 Å². The van der Waals surface area contributed by atoms with Crippen LogP contribution in [0.25, 0.3) is 0 Å². The lowest BCUT2D eigenvalue weighted by atomic mass is 9.98. The number of unbranched alkanes of at least 4 members (excludes halogenated alkanes) is 1. The maximum absolute atomic E-state index is 12.0. The van der Waals surface area contributed by atoms with E-state index >= 15 is 0 Å². The zero-order chi connectivity index (χ0) is 15.0. The molecule has 0 spiro atoms. The molecular formula is C16H23NO3. The highest BCUT2D eigenvalue weighted by Gasteiger charge is 2.15. The Balaban J connectivity index is 2.49. The van der Waals surface area contributed by atoms with Gasteiger partial charge in [-0.2, -0.15) is 0 Å². The molecule has 4 heteroatoms. The van der Waals surface area contributed by atoms with Gasteiger partial charge in [-0.3, -0.25) is 4.79 Å². The largest absolute Gasteiger partial charge is 0.478 e. The third-order valence-electron chi connectivity index (χ3n) is 3.44. The summed E-state index contributed by atoms with van der Waals surface area (Å²) >= 11 is 0. The summed E-state index contributed by atoms with van der Waals surface area (Å²) in [7, 11) is 0. The molecule has 0 radical (unpaired) electrons. The Morgan fingerprint density at radius 1 is 1.20 bits per heavy atom. The highest BCUT2D eigenvalue weighted by Crippen LogP contribution is 2.13. The summed E-state index contributed by atoms with van der Waals surface area (Å²) in [5, 5.41) is 11.7. The molecule has 1 atom stereocenters. The van der Waals surface area contributed by atoms with Crippen LogP contribution in [0.4, 0.5) is 0 Å².